The zero-order valence-corrected chi connectivity index (χ0v) is 12.3. The Bertz CT molecular complexity index is 218. The highest BCUT2D eigenvalue weighted by atomic mass is 15.2. The lowest BCUT2D eigenvalue weighted by atomic mass is 10.1. The van der Waals surface area contributed by atoms with Gasteiger partial charge in [0.1, 0.15) is 0 Å². The topological polar surface area (TPSA) is 18.5 Å². The molecule has 0 unspecified atom stereocenters. The predicted octanol–water partition coefficient (Wildman–Crippen LogP) is 1.79. The van der Waals surface area contributed by atoms with Crippen LogP contribution in [0.1, 0.15) is 39.5 Å². The molecule has 1 N–H and O–H groups in total. The minimum atomic E-state index is 0.841. The van der Waals surface area contributed by atoms with E-state index in [0.29, 0.717) is 0 Å². The number of nitrogens with one attached hydrogen (secondary N) is 1. The molecule has 3 nitrogen and oxygen atoms in total. The van der Waals surface area contributed by atoms with Crippen molar-refractivity contribution in [3.05, 3.63) is 0 Å². The molecule has 0 bridgehead atoms. The molecule has 0 aromatic heterocycles. The van der Waals surface area contributed by atoms with Crippen LogP contribution in [0.3, 0.4) is 0 Å². The minimum absolute atomic E-state index is 0.841. The molecule has 2 aliphatic rings. The van der Waals surface area contributed by atoms with E-state index in [1.54, 1.807) is 0 Å². The van der Waals surface area contributed by atoms with Gasteiger partial charge in [-0.2, -0.15) is 0 Å². The van der Waals surface area contributed by atoms with E-state index in [1.165, 1.54) is 71.5 Å². The summed E-state index contributed by atoms with van der Waals surface area (Å²) >= 11 is 0. The van der Waals surface area contributed by atoms with E-state index in [4.69, 9.17) is 0 Å². The fraction of sp³-hybridized carbons (Fsp3) is 1.00. The number of hydrogen-bond donors (Lipinski definition) is 1. The molecule has 0 aromatic carbocycles. The molecule has 1 aliphatic heterocycles. The first-order chi connectivity index (χ1) is 8.75. The van der Waals surface area contributed by atoms with Crippen molar-refractivity contribution in [1.29, 1.82) is 0 Å². The van der Waals surface area contributed by atoms with Crippen molar-refractivity contribution in [1.82, 2.24) is 15.1 Å². The Labute approximate surface area is 113 Å². The highest BCUT2D eigenvalue weighted by Gasteiger charge is 2.28. The first kappa shape index (κ1) is 14.3. The van der Waals surface area contributed by atoms with Crippen LogP contribution in [0.5, 0.6) is 0 Å². The largest absolute Gasteiger partial charge is 0.315 e. The van der Waals surface area contributed by atoms with Crippen molar-refractivity contribution in [2.75, 3.05) is 45.8 Å². The normalized spacial score (nSPS) is 22.7. The number of nitrogens with zero attached hydrogens (tertiary/aromatic N) is 2. The molecule has 1 saturated carbocycles. The van der Waals surface area contributed by atoms with Gasteiger partial charge in [-0.1, -0.05) is 13.8 Å². The van der Waals surface area contributed by atoms with Gasteiger partial charge in [-0.3, -0.25) is 4.90 Å². The van der Waals surface area contributed by atoms with Crippen molar-refractivity contribution in [3.63, 3.8) is 0 Å². The Hall–Kier alpha value is -0.120. The first-order valence-corrected chi connectivity index (χ1v) is 7.93. The molecule has 2 rings (SSSR count). The van der Waals surface area contributed by atoms with E-state index in [-0.39, 0.29) is 0 Å². The Kier molecular flexibility index (Phi) is 5.93. The predicted molar refractivity (Wildman–Crippen MR) is 78.0 cm³/mol. The first-order valence-electron chi connectivity index (χ1n) is 7.93. The van der Waals surface area contributed by atoms with E-state index in [1.807, 2.05) is 0 Å². The zero-order valence-electron chi connectivity index (χ0n) is 12.3. The molecule has 106 valence electrons. The lowest BCUT2D eigenvalue weighted by Gasteiger charge is -2.27. The van der Waals surface area contributed by atoms with Gasteiger partial charge in [0, 0.05) is 32.2 Å². The molecule has 1 saturated heterocycles. The quantitative estimate of drug-likeness (QED) is 0.746. The second-order valence-corrected chi connectivity index (χ2v) is 6.39. The standard InChI is InChI=1S/C15H31N3/c1-14(2)6-10-18(15-4-5-15)13-12-17-9-3-7-16-8-11-17/h14-16H,3-13H2,1-2H3. The van der Waals surface area contributed by atoms with E-state index in [0.717, 1.165) is 12.0 Å². The summed E-state index contributed by atoms with van der Waals surface area (Å²) in [6.45, 7) is 13.5. The summed E-state index contributed by atoms with van der Waals surface area (Å²) in [5, 5.41) is 3.48. The number of rotatable bonds is 7. The van der Waals surface area contributed by atoms with Crippen LogP contribution in [0.4, 0.5) is 0 Å². The minimum Gasteiger partial charge on any atom is -0.315 e. The number of hydrogen-bond acceptors (Lipinski definition) is 3. The van der Waals surface area contributed by atoms with Crippen LogP contribution in [0.25, 0.3) is 0 Å². The molecule has 0 radical (unpaired) electrons. The maximum Gasteiger partial charge on any atom is 0.0112 e. The molecular weight excluding hydrogens is 222 g/mol. The SMILES string of the molecule is CC(C)CCN(CCN1CCCNCC1)C1CC1. The summed E-state index contributed by atoms with van der Waals surface area (Å²) in [5.41, 5.74) is 0. The fourth-order valence-corrected chi connectivity index (χ4v) is 2.74. The van der Waals surface area contributed by atoms with Crippen molar-refractivity contribution < 1.29 is 0 Å². The van der Waals surface area contributed by atoms with E-state index < -0.39 is 0 Å². The molecule has 1 aliphatic carbocycles. The van der Waals surface area contributed by atoms with Crippen LogP contribution in [0, 0.1) is 5.92 Å². The van der Waals surface area contributed by atoms with E-state index in [9.17, 15) is 0 Å². The van der Waals surface area contributed by atoms with Crippen LogP contribution >= 0.6 is 0 Å². The third-order valence-corrected chi connectivity index (χ3v) is 4.19. The second kappa shape index (κ2) is 7.46. The molecule has 0 amide bonds. The summed E-state index contributed by atoms with van der Waals surface area (Å²) in [7, 11) is 0. The van der Waals surface area contributed by atoms with Gasteiger partial charge in [-0.15, -0.1) is 0 Å². The summed E-state index contributed by atoms with van der Waals surface area (Å²) < 4.78 is 0. The molecular formula is C15H31N3. The van der Waals surface area contributed by atoms with Crippen LogP contribution in [-0.4, -0.2) is 61.7 Å². The fourth-order valence-electron chi connectivity index (χ4n) is 2.74. The van der Waals surface area contributed by atoms with E-state index >= 15 is 0 Å². The molecule has 0 aromatic rings. The summed E-state index contributed by atoms with van der Waals surface area (Å²) in [5.74, 6) is 0.841. The van der Waals surface area contributed by atoms with Crippen LogP contribution in [-0.2, 0) is 0 Å². The smallest absolute Gasteiger partial charge is 0.0112 e. The molecule has 18 heavy (non-hydrogen) atoms. The van der Waals surface area contributed by atoms with Crippen molar-refractivity contribution in [2.45, 2.75) is 45.6 Å². The maximum atomic E-state index is 3.48. The average Bonchev–Trinajstić information content (AvgIpc) is 3.15. The molecule has 0 spiro atoms. The van der Waals surface area contributed by atoms with Gasteiger partial charge in [-0.05, 0) is 51.2 Å². The van der Waals surface area contributed by atoms with Crippen molar-refractivity contribution >= 4 is 0 Å². The molecule has 0 atom stereocenters. The van der Waals surface area contributed by atoms with Gasteiger partial charge in [0.15, 0.2) is 0 Å². The van der Waals surface area contributed by atoms with Gasteiger partial charge in [-0.25, -0.2) is 0 Å². The Morgan fingerprint density at radius 2 is 2.00 bits per heavy atom. The van der Waals surface area contributed by atoms with E-state index in [2.05, 4.69) is 29.0 Å². The van der Waals surface area contributed by atoms with Gasteiger partial charge in [0.25, 0.3) is 0 Å². The second-order valence-electron chi connectivity index (χ2n) is 6.39. The average molecular weight is 253 g/mol. The summed E-state index contributed by atoms with van der Waals surface area (Å²) in [6.07, 6.45) is 5.56. The molecule has 3 heteroatoms. The van der Waals surface area contributed by atoms with Crippen molar-refractivity contribution in [2.24, 2.45) is 5.92 Å². The zero-order chi connectivity index (χ0) is 12.8. The van der Waals surface area contributed by atoms with Gasteiger partial charge in [0.05, 0.1) is 0 Å². The van der Waals surface area contributed by atoms with Gasteiger partial charge >= 0.3 is 0 Å². The lowest BCUT2D eigenvalue weighted by molar-refractivity contribution is 0.196. The maximum absolute atomic E-state index is 3.48. The Morgan fingerprint density at radius 1 is 1.17 bits per heavy atom. The third kappa shape index (κ3) is 5.25. The molecule has 1 heterocycles. The highest BCUT2D eigenvalue weighted by molar-refractivity contribution is 4.85. The lowest BCUT2D eigenvalue weighted by Crippen LogP contribution is -2.38. The van der Waals surface area contributed by atoms with Gasteiger partial charge in [0.2, 0.25) is 0 Å². The highest BCUT2D eigenvalue weighted by Crippen LogP contribution is 2.27. The Balaban J connectivity index is 1.67. The van der Waals surface area contributed by atoms with Crippen molar-refractivity contribution in [3.8, 4) is 0 Å². The van der Waals surface area contributed by atoms with Crippen LogP contribution < -0.4 is 5.32 Å². The van der Waals surface area contributed by atoms with Crippen LogP contribution in [0.15, 0.2) is 0 Å². The monoisotopic (exact) mass is 253 g/mol. The summed E-state index contributed by atoms with van der Waals surface area (Å²) in [6, 6.07) is 0.925. The van der Waals surface area contributed by atoms with Crippen LogP contribution in [0.2, 0.25) is 0 Å². The molecule has 2 fully saturated rings. The third-order valence-electron chi connectivity index (χ3n) is 4.19. The Morgan fingerprint density at radius 3 is 2.72 bits per heavy atom. The summed E-state index contributed by atoms with van der Waals surface area (Å²) in [4.78, 5) is 5.39. The van der Waals surface area contributed by atoms with Gasteiger partial charge < -0.3 is 10.2 Å².